The smallest absolute Gasteiger partial charge is 0.224 e. The third-order valence-electron chi connectivity index (χ3n) is 6.21. The number of nitrogens with zero attached hydrogens (tertiary/aromatic N) is 5. The van der Waals surface area contributed by atoms with Gasteiger partial charge in [0.1, 0.15) is 22.6 Å². The number of ether oxygens (including phenoxy) is 1. The number of carbonyl (C=O) groups is 1. The molecule has 0 saturated carbocycles. The zero-order chi connectivity index (χ0) is 26.9. The summed E-state index contributed by atoms with van der Waals surface area (Å²) in [6.45, 7) is 1.95. The van der Waals surface area contributed by atoms with E-state index in [1.54, 1.807) is 30.7 Å². The Morgan fingerprint density at radius 2 is 1.87 bits per heavy atom. The first kappa shape index (κ1) is 24.2. The maximum Gasteiger partial charge on any atom is 0.224 e. The number of methoxy groups -OCH3 is 1. The van der Waals surface area contributed by atoms with Crippen LogP contribution in [0, 0.1) is 5.82 Å². The average molecular weight is 523 g/mol. The summed E-state index contributed by atoms with van der Waals surface area (Å²) in [5.41, 5.74) is 6.19. The molecule has 0 radical (unpaired) electrons. The summed E-state index contributed by atoms with van der Waals surface area (Å²) < 4.78 is 19.4. The fourth-order valence-electron chi connectivity index (χ4n) is 4.40. The number of imidazole rings is 1. The molecule has 0 spiro atoms. The van der Waals surface area contributed by atoms with E-state index in [2.05, 4.69) is 30.5 Å². The summed E-state index contributed by atoms with van der Waals surface area (Å²) in [7, 11) is 1.48. The highest BCUT2D eigenvalue weighted by atomic mass is 19.1. The molecule has 0 saturated heterocycles. The minimum Gasteiger partial charge on any atom is -0.497 e. The monoisotopic (exact) mass is 522 g/mol. The lowest BCUT2D eigenvalue weighted by Crippen LogP contribution is -2.10. The molecule has 1 amide bonds. The normalized spacial score (nSPS) is 11.3. The number of anilines is 1. The Kier molecular flexibility index (Phi) is 6.16. The minimum atomic E-state index is -0.433. The number of carbonyl (C=O) groups excluding carboxylic acids is 1. The van der Waals surface area contributed by atoms with Crippen molar-refractivity contribution in [1.82, 2.24) is 35.1 Å². The highest BCUT2D eigenvalue weighted by Gasteiger charge is 2.18. The number of aromatic amines is 2. The molecule has 11 heteroatoms. The number of amides is 1. The molecule has 0 fully saturated rings. The Hall–Kier alpha value is -5.19. The first-order chi connectivity index (χ1) is 19.0. The van der Waals surface area contributed by atoms with Crippen LogP contribution in [0.3, 0.4) is 0 Å². The van der Waals surface area contributed by atoms with Gasteiger partial charge in [0.25, 0.3) is 0 Å². The standard InChI is InChI=1S/C28H23FN8O2/c1-3-4-23(38)32-18-10-16(13-30-14-18)20-5-6-22-26(33-20)27(37-36-22)28-34-21-7-8-31-24(25(21)35-28)15-9-17(29)12-19(11-15)39-2/h5-14H,3-4H2,1-2H3,(H,32,38)(H,34,35)(H,36,37). The van der Waals surface area contributed by atoms with Crippen molar-refractivity contribution in [3.63, 3.8) is 0 Å². The lowest BCUT2D eigenvalue weighted by atomic mass is 10.1. The quantitative estimate of drug-likeness (QED) is 0.252. The maximum absolute atomic E-state index is 14.2. The van der Waals surface area contributed by atoms with Crippen molar-refractivity contribution in [1.29, 1.82) is 0 Å². The van der Waals surface area contributed by atoms with Crippen LogP contribution in [0.1, 0.15) is 19.8 Å². The predicted molar refractivity (Wildman–Crippen MR) is 145 cm³/mol. The van der Waals surface area contributed by atoms with Crippen molar-refractivity contribution in [2.45, 2.75) is 19.8 Å². The van der Waals surface area contributed by atoms with Crippen molar-refractivity contribution >= 4 is 33.7 Å². The molecule has 5 heterocycles. The molecule has 0 aliphatic rings. The van der Waals surface area contributed by atoms with E-state index in [4.69, 9.17) is 14.7 Å². The Morgan fingerprint density at radius 3 is 2.72 bits per heavy atom. The predicted octanol–water partition coefficient (Wildman–Crippen LogP) is 5.51. The summed E-state index contributed by atoms with van der Waals surface area (Å²) in [5.74, 6) is 0.375. The Balaban J connectivity index is 1.40. The van der Waals surface area contributed by atoms with Gasteiger partial charge in [-0.2, -0.15) is 5.10 Å². The molecule has 0 unspecified atom stereocenters. The topological polar surface area (TPSA) is 134 Å². The summed E-state index contributed by atoms with van der Waals surface area (Å²) in [6, 6.07) is 11.8. The summed E-state index contributed by atoms with van der Waals surface area (Å²) in [4.78, 5) is 33.7. The molecule has 1 aromatic carbocycles. The van der Waals surface area contributed by atoms with Crippen LogP contribution in [0.25, 0.3) is 56.1 Å². The second kappa shape index (κ2) is 9.93. The molecule has 3 N–H and O–H groups in total. The Bertz CT molecular complexity index is 1840. The second-order valence-electron chi connectivity index (χ2n) is 8.95. The van der Waals surface area contributed by atoms with Crippen LogP contribution in [-0.2, 0) is 4.79 Å². The Morgan fingerprint density at radius 1 is 1.00 bits per heavy atom. The minimum absolute atomic E-state index is 0.0626. The van der Waals surface area contributed by atoms with E-state index in [0.717, 1.165) is 17.5 Å². The maximum atomic E-state index is 14.2. The first-order valence-corrected chi connectivity index (χ1v) is 12.3. The van der Waals surface area contributed by atoms with Gasteiger partial charge < -0.3 is 15.0 Å². The molecular weight excluding hydrogens is 499 g/mol. The highest BCUT2D eigenvalue weighted by Crippen LogP contribution is 2.32. The van der Waals surface area contributed by atoms with E-state index in [1.807, 2.05) is 25.1 Å². The molecular formula is C28H23FN8O2. The summed E-state index contributed by atoms with van der Waals surface area (Å²) in [6.07, 6.45) is 6.13. The number of rotatable bonds is 7. The summed E-state index contributed by atoms with van der Waals surface area (Å²) >= 11 is 0. The molecule has 194 valence electrons. The molecule has 0 aliphatic carbocycles. The van der Waals surface area contributed by atoms with Gasteiger partial charge in [-0.05, 0) is 42.8 Å². The van der Waals surface area contributed by atoms with E-state index >= 15 is 0 Å². The zero-order valence-electron chi connectivity index (χ0n) is 21.1. The number of fused-ring (bicyclic) bond motifs is 2. The third-order valence-corrected chi connectivity index (χ3v) is 6.21. The van der Waals surface area contributed by atoms with Crippen LogP contribution in [0.5, 0.6) is 5.75 Å². The van der Waals surface area contributed by atoms with Gasteiger partial charge in [0, 0.05) is 36.0 Å². The molecule has 10 nitrogen and oxygen atoms in total. The van der Waals surface area contributed by atoms with Gasteiger partial charge in [0.15, 0.2) is 11.5 Å². The van der Waals surface area contributed by atoms with Crippen LogP contribution >= 0.6 is 0 Å². The van der Waals surface area contributed by atoms with Crippen molar-refractivity contribution in [3.05, 3.63) is 66.9 Å². The average Bonchev–Trinajstić information content (AvgIpc) is 3.56. The number of nitrogens with one attached hydrogen (secondary N) is 3. The number of pyridine rings is 3. The number of halogens is 1. The van der Waals surface area contributed by atoms with E-state index in [-0.39, 0.29) is 5.91 Å². The zero-order valence-corrected chi connectivity index (χ0v) is 21.1. The molecule has 6 aromatic rings. The van der Waals surface area contributed by atoms with Gasteiger partial charge in [0.05, 0.1) is 41.4 Å². The van der Waals surface area contributed by atoms with Crippen molar-refractivity contribution in [3.8, 4) is 39.8 Å². The van der Waals surface area contributed by atoms with Gasteiger partial charge in [-0.1, -0.05) is 6.92 Å². The van der Waals surface area contributed by atoms with Gasteiger partial charge in [-0.3, -0.25) is 19.9 Å². The largest absolute Gasteiger partial charge is 0.497 e. The lowest BCUT2D eigenvalue weighted by Gasteiger charge is -2.06. The van der Waals surface area contributed by atoms with E-state index in [9.17, 15) is 9.18 Å². The number of hydrogen-bond acceptors (Lipinski definition) is 7. The second-order valence-corrected chi connectivity index (χ2v) is 8.95. The van der Waals surface area contributed by atoms with Crippen molar-refractivity contribution in [2.24, 2.45) is 0 Å². The van der Waals surface area contributed by atoms with E-state index < -0.39 is 5.82 Å². The number of hydrogen-bond donors (Lipinski definition) is 3. The van der Waals surface area contributed by atoms with Gasteiger partial charge in [-0.15, -0.1) is 0 Å². The van der Waals surface area contributed by atoms with E-state index in [0.29, 0.717) is 62.9 Å². The van der Waals surface area contributed by atoms with E-state index in [1.165, 1.54) is 19.2 Å². The number of H-pyrrole nitrogens is 2. The highest BCUT2D eigenvalue weighted by molar-refractivity contribution is 5.95. The van der Waals surface area contributed by atoms with Crippen LogP contribution < -0.4 is 10.1 Å². The molecule has 0 bridgehead atoms. The summed E-state index contributed by atoms with van der Waals surface area (Å²) in [5, 5.41) is 10.3. The molecule has 0 atom stereocenters. The van der Waals surface area contributed by atoms with Crippen LogP contribution in [0.4, 0.5) is 10.1 Å². The number of benzene rings is 1. The fourth-order valence-corrected chi connectivity index (χ4v) is 4.40. The van der Waals surface area contributed by atoms with Crippen molar-refractivity contribution in [2.75, 3.05) is 12.4 Å². The van der Waals surface area contributed by atoms with Gasteiger partial charge >= 0.3 is 0 Å². The van der Waals surface area contributed by atoms with Gasteiger partial charge in [0.2, 0.25) is 5.91 Å². The Labute approximate surface area is 221 Å². The molecule has 5 aromatic heterocycles. The fraction of sp³-hybridized carbons (Fsp3) is 0.143. The molecule has 6 rings (SSSR count). The number of aromatic nitrogens is 7. The first-order valence-electron chi connectivity index (χ1n) is 12.3. The molecule has 0 aliphatic heterocycles. The van der Waals surface area contributed by atoms with Crippen LogP contribution in [-0.4, -0.2) is 48.1 Å². The SMILES string of the molecule is CCCC(=O)Nc1cncc(-c2ccc3[nH]nc(-c4nc5c(-c6cc(F)cc(OC)c6)nccc5[nH]4)c3n2)c1. The lowest BCUT2D eigenvalue weighted by molar-refractivity contribution is -0.116. The third kappa shape index (κ3) is 4.65. The van der Waals surface area contributed by atoms with Gasteiger partial charge in [-0.25, -0.2) is 14.4 Å². The van der Waals surface area contributed by atoms with Crippen molar-refractivity contribution < 1.29 is 13.9 Å². The van der Waals surface area contributed by atoms with Crippen LogP contribution in [0.2, 0.25) is 0 Å². The molecule has 39 heavy (non-hydrogen) atoms. The van der Waals surface area contributed by atoms with Crippen LogP contribution in [0.15, 0.2) is 61.1 Å².